The van der Waals surface area contributed by atoms with Gasteiger partial charge < -0.3 is 9.88 Å². The highest BCUT2D eigenvalue weighted by Crippen LogP contribution is 2.29. The number of hydrogen-bond acceptors (Lipinski definition) is 3. The van der Waals surface area contributed by atoms with Gasteiger partial charge in [-0.25, -0.2) is 0 Å². The van der Waals surface area contributed by atoms with E-state index in [9.17, 15) is 9.59 Å². The maximum atomic E-state index is 12.4. The average Bonchev–Trinajstić information content (AvgIpc) is 3.31. The number of aromatic nitrogens is 3. The molecule has 2 amide bonds. The van der Waals surface area contributed by atoms with Gasteiger partial charge in [-0.1, -0.05) is 12.1 Å². The summed E-state index contributed by atoms with van der Waals surface area (Å²) in [7, 11) is 1.94. The van der Waals surface area contributed by atoms with Crippen LogP contribution in [-0.4, -0.2) is 33.1 Å². The van der Waals surface area contributed by atoms with Crippen molar-refractivity contribution in [2.24, 2.45) is 13.0 Å². The number of carbonyl (C=O) groups excluding carboxylic acids is 2. The quantitative estimate of drug-likeness (QED) is 0.758. The van der Waals surface area contributed by atoms with Gasteiger partial charge in [0.1, 0.15) is 0 Å². The predicted molar refractivity (Wildman–Crippen MR) is 93.8 cm³/mol. The molecule has 0 saturated carbocycles. The number of H-pyrrole nitrogens is 1. The van der Waals surface area contributed by atoms with Crippen molar-refractivity contribution in [1.29, 1.82) is 0 Å². The largest absolute Gasteiger partial charge is 0.353 e. The van der Waals surface area contributed by atoms with Crippen molar-refractivity contribution in [2.75, 3.05) is 11.4 Å². The third-order valence-electron chi connectivity index (χ3n) is 4.70. The number of rotatable bonds is 4. The minimum absolute atomic E-state index is 0.0729. The van der Waals surface area contributed by atoms with Crippen LogP contribution < -0.4 is 10.2 Å². The molecule has 7 nitrogen and oxygen atoms in total. The summed E-state index contributed by atoms with van der Waals surface area (Å²) in [5, 5.41) is 11.0. The molecule has 1 aliphatic rings. The van der Waals surface area contributed by atoms with Crippen LogP contribution in [-0.2, 0) is 23.2 Å². The number of aryl methyl sites for hydroxylation is 1. The Bertz CT molecular complexity index is 942. The number of amides is 2. The van der Waals surface area contributed by atoms with E-state index in [-0.39, 0.29) is 24.2 Å². The summed E-state index contributed by atoms with van der Waals surface area (Å²) >= 11 is 0. The van der Waals surface area contributed by atoms with E-state index in [0.29, 0.717) is 18.9 Å². The second-order valence-electron chi connectivity index (χ2n) is 6.33. The molecule has 1 unspecified atom stereocenters. The number of fused-ring (bicyclic) bond motifs is 1. The number of anilines is 1. The number of nitrogens with zero attached hydrogens (tertiary/aromatic N) is 3. The first kappa shape index (κ1) is 15.4. The van der Waals surface area contributed by atoms with Gasteiger partial charge in [0, 0.05) is 37.3 Å². The molecule has 128 valence electrons. The molecule has 0 radical (unpaired) electrons. The van der Waals surface area contributed by atoms with E-state index in [0.717, 1.165) is 16.6 Å². The first-order chi connectivity index (χ1) is 12.1. The summed E-state index contributed by atoms with van der Waals surface area (Å²) in [5.41, 5.74) is 1.90. The molecule has 4 rings (SSSR count). The molecule has 0 aliphatic carbocycles. The molecule has 1 aliphatic heterocycles. The van der Waals surface area contributed by atoms with Crippen LogP contribution in [0.2, 0.25) is 0 Å². The smallest absolute Gasteiger partial charge is 0.229 e. The second kappa shape index (κ2) is 6.08. The minimum Gasteiger partial charge on any atom is -0.353 e. The Hall–Kier alpha value is -3.09. The topological polar surface area (TPSA) is 83.0 Å². The standard InChI is InChI=1S/C18H19N5O2/c1-22-8-4-5-13(22)10-19-18(25)12-9-16(24)23(11-12)17-14-6-2-3-7-15(14)20-21-17/h2-8,12H,9-11H2,1H3,(H,19,25)(H,20,21). The zero-order valence-electron chi connectivity index (χ0n) is 13.9. The van der Waals surface area contributed by atoms with Crippen molar-refractivity contribution in [3.63, 3.8) is 0 Å². The molecule has 7 heteroatoms. The highest BCUT2D eigenvalue weighted by molar-refractivity contribution is 6.05. The maximum Gasteiger partial charge on any atom is 0.229 e. The Kier molecular flexibility index (Phi) is 3.76. The lowest BCUT2D eigenvalue weighted by Gasteiger charge is -2.14. The van der Waals surface area contributed by atoms with E-state index >= 15 is 0 Å². The van der Waals surface area contributed by atoms with Crippen molar-refractivity contribution >= 4 is 28.5 Å². The van der Waals surface area contributed by atoms with Gasteiger partial charge in [-0.05, 0) is 24.3 Å². The molecular weight excluding hydrogens is 318 g/mol. The third-order valence-corrected chi connectivity index (χ3v) is 4.70. The van der Waals surface area contributed by atoms with E-state index in [2.05, 4.69) is 15.5 Å². The molecule has 0 bridgehead atoms. The van der Waals surface area contributed by atoms with E-state index in [1.54, 1.807) is 4.90 Å². The molecule has 1 saturated heterocycles. The Balaban J connectivity index is 1.46. The van der Waals surface area contributed by atoms with Crippen LogP contribution in [0.15, 0.2) is 42.6 Å². The lowest BCUT2D eigenvalue weighted by molar-refractivity contribution is -0.126. The Morgan fingerprint density at radius 3 is 2.96 bits per heavy atom. The van der Waals surface area contributed by atoms with Crippen molar-refractivity contribution in [3.8, 4) is 0 Å². The van der Waals surface area contributed by atoms with Gasteiger partial charge in [0.2, 0.25) is 11.8 Å². The van der Waals surface area contributed by atoms with Crippen LogP contribution in [0, 0.1) is 5.92 Å². The Morgan fingerprint density at radius 2 is 2.16 bits per heavy atom. The van der Waals surface area contributed by atoms with Gasteiger partial charge in [-0.3, -0.25) is 19.6 Å². The van der Waals surface area contributed by atoms with Gasteiger partial charge in [0.25, 0.3) is 0 Å². The number of carbonyl (C=O) groups is 2. The summed E-state index contributed by atoms with van der Waals surface area (Å²) < 4.78 is 1.96. The van der Waals surface area contributed by atoms with Crippen LogP contribution in [0.4, 0.5) is 5.82 Å². The number of benzene rings is 1. The van der Waals surface area contributed by atoms with Crippen LogP contribution in [0.25, 0.3) is 10.9 Å². The Labute approximate surface area is 144 Å². The molecular formula is C18H19N5O2. The van der Waals surface area contributed by atoms with Crippen LogP contribution in [0.5, 0.6) is 0 Å². The van der Waals surface area contributed by atoms with E-state index in [4.69, 9.17) is 0 Å². The molecule has 2 aromatic heterocycles. The fourth-order valence-corrected chi connectivity index (χ4v) is 3.24. The fourth-order valence-electron chi connectivity index (χ4n) is 3.24. The zero-order chi connectivity index (χ0) is 17.4. The SMILES string of the molecule is Cn1cccc1CNC(=O)C1CC(=O)N(c2n[nH]c3ccccc23)C1. The molecule has 25 heavy (non-hydrogen) atoms. The monoisotopic (exact) mass is 337 g/mol. The van der Waals surface area contributed by atoms with Crippen molar-refractivity contribution in [2.45, 2.75) is 13.0 Å². The van der Waals surface area contributed by atoms with Crippen molar-refractivity contribution in [3.05, 3.63) is 48.3 Å². The number of aromatic amines is 1. The van der Waals surface area contributed by atoms with Crippen LogP contribution in [0.3, 0.4) is 0 Å². The summed E-state index contributed by atoms with van der Waals surface area (Å²) in [6.07, 6.45) is 2.14. The lowest BCUT2D eigenvalue weighted by atomic mass is 10.1. The van der Waals surface area contributed by atoms with Gasteiger partial charge in [0.15, 0.2) is 5.82 Å². The zero-order valence-corrected chi connectivity index (χ0v) is 13.9. The van der Waals surface area contributed by atoms with E-state index < -0.39 is 0 Å². The van der Waals surface area contributed by atoms with Gasteiger partial charge in [0.05, 0.1) is 18.0 Å². The molecule has 1 fully saturated rings. The first-order valence-electron chi connectivity index (χ1n) is 8.25. The molecule has 0 spiro atoms. The molecule has 3 heterocycles. The van der Waals surface area contributed by atoms with Gasteiger partial charge in [-0.15, -0.1) is 0 Å². The highest BCUT2D eigenvalue weighted by atomic mass is 16.2. The van der Waals surface area contributed by atoms with Crippen molar-refractivity contribution < 1.29 is 9.59 Å². The van der Waals surface area contributed by atoms with Crippen LogP contribution in [0.1, 0.15) is 12.1 Å². The Morgan fingerprint density at radius 1 is 1.32 bits per heavy atom. The van der Waals surface area contributed by atoms with E-state index in [1.807, 2.05) is 54.2 Å². The fraction of sp³-hybridized carbons (Fsp3) is 0.278. The molecule has 1 atom stereocenters. The van der Waals surface area contributed by atoms with Crippen molar-refractivity contribution in [1.82, 2.24) is 20.1 Å². The molecule has 2 N–H and O–H groups in total. The van der Waals surface area contributed by atoms with Gasteiger partial charge >= 0.3 is 0 Å². The predicted octanol–water partition coefficient (Wildman–Crippen LogP) is 1.57. The number of nitrogens with one attached hydrogen (secondary N) is 2. The maximum absolute atomic E-state index is 12.4. The summed E-state index contributed by atoms with van der Waals surface area (Å²) in [6.45, 7) is 0.811. The summed E-state index contributed by atoms with van der Waals surface area (Å²) in [4.78, 5) is 26.5. The minimum atomic E-state index is -0.358. The normalized spacial score (nSPS) is 17.4. The van der Waals surface area contributed by atoms with E-state index in [1.165, 1.54) is 0 Å². The highest BCUT2D eigenvalue weighted by Gasteiger charge is 2.36. The lowest BCUT2D eigenvalue weighted by Crippen LogP contribution is -2.33. The van der Waals surface area contributed by atoms with Crippen LogP contribution >= 0.6 is 0 Å². The number of para-hydroxylation sites is 1. The van der Waals surface area contributed by atoms with Gasteiger partial charge in [-0.2, -0.15) is 5.10 Å². The third kappa shape index (κ3) is 2.77. The summed E-state index contributed by atoms with van der Waals surface area (Å²) in [5.74, 6) is 0.0646. The number of hydrogen-bond donors (Lipinski definition) is 2. The average molecular weight is 337 g/mol. The second-order valence-corrected chi connectivity index (χ2v) is 6.33. The first-order valence-corrected chi connectivity index (χ1v) is 8.25. The summed E-state index contributed by atoms with van der Waals surface area (Å²) in [6, 6.07) is 11.6. The molecule has 3 aromatic rings. The molecule has 1 aromatic carbocycles.